The molecule has 2 aromatic rings. The van der Waals surface area contributed by atoms with Gasteiger partial charge in [0.15, 0.2) is 0 Å². The molecular weight excluding hydrogens is 274 g/mol. The van der Waals surface area contributed by atoms with Crippen LogP contribution in [0.25, 0.3) is 0 Å². The van der Waals surface area contributed by atoms with Gasteiger partial charge in [0, 0.05) is 18.8 Å². The summed E-state index contributed by atoms with van der Waals surface area (Å²) in [6.45, 7) is 7.46. The summed E-state index contributed by atoms with van der Waals surface area (Å²) in [6, 6.07) is 14.6. The van der Waals surface area contributed by atoms with Gasteiger partial charge in [0.05, 0.1) is 6.42 Å². The zero-order valence-electron chi connectivity index (χ0n) is 13.5. The number of anilines is 1. The van der Waals surface area contributed by atoms with Crippen molar-refractivity contribution in [3.8, 4) is 0 Å². The van der Waals surface area contributed by atoms with E-state index in [1.54, 1.807) is 0 Å². The Kier molecular flexibility index (Phi) is 5.21. The summed E-state index contributed by atoms with van der Waals surface area (Å²) >= 11 is 0. The van der Waals surface area contributed by atoms with Gasteiger partial charge in [-0.05, 0) is 49.1 Å². The number of hydrogen-bond donors (Lipinski definition) is 1. The molecule has 0 fully saturated rings. The predicted octanol–water partition coefficient (Wildman–Crippen LogP) is 4.09. The van der Waals surface area contributed by atoms with Crippen LogP contribution < -0.4 is 4.90 Å². The minimum Gasteiger partial charge on any atom is -0.481 e. The Bertz CT molecular complexity index is 664. The number of carbonyl (C=O) groups is 1. The Balaban J connectivity index is 2.32. The first-order valence-corrected chi connectivity index (χ1v) is 7.56. The Labute approximate surface area is 132 Å². The summed E-state index contributed by atoms with van der Waals surface area (Å²) in [7, 11) is 0. The lowest BCUT2D eigenvalue weighted by atomic mass is 10.1. The van der Waals surface area contributed by atoms with Gasteiger partial charge < -0.3 is 10.0 Å². The van der Waals surface area contributed by atoms with Crippen molar-refractivity contribution in [2.24, 2.45) is 0 Å². The van der Waals surface area contributed by atoms with Gasteiger partial charge >= 0.3 is 5.97 Å². The third-order valence-corrected chi connectivity index (χ3v) is 3.92. The number of rotatable bonds is 6. The summed E-state index contributed by atoms with van der Waals surface area (Å²) < 4.78 is 0. The number of nitrogens with zero attached hydrogens (tertiary/aromatic N) is 1. The van der Waals surface area contributed by atoms with Crippen LogP contribution in [0.3, 0.4) is 0 Å². The van der Waals surface area contributed by atoms with Gasteiger partial charge in [-0.15, -0.1) is 0 Å². The molecule has 0 bridgehead atoms. The summed E-state index contributed by atoms with van der Waals surface area (Å²) in [6.07, 6.45) is 0.138. The number of aliphatic carboxylic acids is 1. The lowest BCUT2D eigenvalue weighted by Gasteiger charge is -2.27. The molecule has 0 heterocycles. The quantitative estimate of drug-likeness (QED) is 0.873. The molecule has 1 N–H and O–H groups in total. The van der Waals surface area contributed by atoms with Gasteiger partial charge in [-0.2, -0.15) is 0 Å². The standard InChI is InChI=1S/C19H23NO2/c1-14-8-9-16(3)18(12-14)20(11-10-19(21)22)13-17-7-5-4-6-15(17)2/h4-9,12H,10-11,13H2,1-3H3,(H,21,22). The van der Waals surface area contributed by atoms with Gasteiger partial charge in [0.1, 0.15) is 0 Å². The summed E-state index contributed by atoms with van der Waals surface area (Å²) in [5.41, 5.74) is 5.93. The summed E-state index contributed by atoms with van der Waals surface area (Å²) in [5.74, 6) is -0.764. The molecule has 0 amide bonds. The predicted molar refractivity (Wildman–Crippen MR) is 90.4 cm³/mol. The highest BCUT2D eigenvalue weighted by Gasteiger charge is 2.13. The second-order valence-corrected chi connectivity index (χ2v) is 5.78. The minimum atomic E-state index is -0.764. The molecule has 0 aliphatic heterocycles. The summed E-state index contributed by atoms with van der Waals surface area (Å²) in [4.78, 5) is 13.1. The van der Waals surface area contributed by atoms with Crippen molar-refractivity contribution >= 4 is 11.7 Å². The molecule has 0 spiro atoms. The Morgan fingerprint density at radius 1 is 1.05 bits per heavy atom. The second-order valence-electron chi connectivity index (χ2n) is 5.78. The molecule has 0 saturated heterocycles. The molecule has 0 aliphatic rings. The molecule has 2 aromatic carbocycles. The van der Waals surface area contributed by atoms with E-state index < -0.39 is 5.97 Å². The molecule has 0 atom stereocenters. The van der Waals surface area contributed by atoms with Crippen molar-refractivity contribution in [3.05, 3.63) is 64.7 Å². The topological polar surface area (TPSA) is 40.5 Å². The van der Waals surface area contributed by atoms with E-state index in [4.69, 9.17) is 5.11 Å². The van der Waals surface area contributed by atoms with Gasteiger partial charge in [-0.1, -0.05) is 36.4 Å². The Hall–Kier alpha value is -2.29. The highest BCUT2D eigenvalue weighted by Crippen LogP contribution is 2.24. The monoisotopic (exact) mass is 297 g/mol. The van der Waals surface area contributed by atoms with Crippen LogP contribution in [0, 0.1) is 20.8 Å². The smallest absolute Gasteiger partial charge is 0.305 e. The van der Waals surface area contributed by atoms with Gasteiger partial charge in [-0.25, -0.2) is 0 Å². The number of benzene rings is 2. The third-order valence-electron chi connectivity index (χ3n) is 3.92. The molecular formula is C19H23NO2. The molecule has 3 heteroatoms. The fraction of sp³-hybridized carbons (Fsp3) is 0.316. The van der Waals surface area contributed by atoms with Crippen LogP contribution in [0.4, 0.5) is 5.69 Å². The molecule has 22 heavy (non-hydrogen) atoms. The van der Waals surface area contributed by atoms with Gasteiger partial charge in [0.25, 0.3) is 0 Å². The van der Waals surface area contributed by atoms with Crippen LogP contribution in [0.1, 0.15) is 28.7 Å². The first kappa shape index (κ1) is 16.1. The largest absolute Gasteiger partial charge is 0.481 e. The highest BCUT2D eigenvalue weighted by atomic mass is 16.4. The lowest BCUT2D eigenvalue weighted by Crippen LogP contribution is -2.26. The van der Waals surface area contributed by atoms with Crippen molar-refractivity contribution in [3.63, 3.8) is 0 Å². The van der Waals surface area contributed by atoms with Gasteiger partial charge in [0.2, 0.25) is 0 Å². The van der Waals surface area contributed by atoms with Crippen molar-refractivity contribution in [2.45, 2.75) is 33.7 Å². The molecule has 3 nitrogen and oxygen atoms in total. The molecule has 116 valence electrons. The Morgan fingerprint density at radius 3 is 2.45 bits per heavy atom. The molecule has 0 unspecified atom stereocenters. The van der Waals surface area contributed by atoms with E-state index in [1.165, 1.54) is 22.3 Å². The van der Waals surface area contributed by atoms with E-state index in [-0.39, 0.29) is 6.42 Å². The van der Waals surface area contributed by atoms with Crippen LogP contribution >= 0.6 is 0 Å². The number of hydrogen-bond acceptors (Lipinski definition) is 2. The maximum Gasteiger partial charge on any atom is 0.305 e. The maximum atomic E-state index is 11.0. The van der Waals surface area contributed by atoms with E-state index in [1.807, 2.05) is 12.1 Å². The first-order chi connectivity index (χ1) is 10.5. The highest BCUT2D eigenvalue weighted by molar-refractivity contribution is 5.68. The SMILES string of the molecule is Cc1ccc(C)c(N(CCC(=O)O)Cc2ccccc2C)c1. The average Bonchev–Trinajstić information content (AvgIpc) is 2.48. The Morgan fingerprint density at radius 2 is 1.77 bits per heavy atom. The maximum absolute atomic E-state index is 11.0. The van der Waals surface area contributed by atoms with Crippen LogP contribution in [0.5, 0.6) is 0 Å². The summed E-state index contributed by atoms with van der Waals surface area (Å²) in [5, 5.41) is 9.03. The van der Waals surface area contributed by atoms with Crippen LogP contribution in [-0.4, -0.2) is 17.6 Å². The molecule has 0 aliphatic carbocycles. The number of aryl methyl sites for hydroxylation is 3. The number of carboxylic acids is 1. The third kappa shape index (κ3) is 4.10. The first-order valence-electron chi connectivity index (χ1n) is 7.56. The second kappa shape index (κ2) is 7.12. The molecule has 0 aromatic heterocycles. The van der Waals surface area contributed by atoms with Crippen LogP contribution in [0.15, 0.2) is 42.5 Å². The fourth-order valence-electron chi connectivity index (χ4n) is 2.57. The van der Waals surface area contributed by atoms with Crippen molar-refractivity contribution < 1.29 is 9.90 Å². The van der Waals surface area contributed by atoms with Crippen LogP contribution in [-0.2, 0) is 11.3 Å². The van der Waals surface area contributed by atoms with E-state index in [0.29, 0.717) is 6.54 Å². The fourth-order valence-corrected chi connectivity index (χ4v) is 2.57. The zero-order chi connectivity index (χ0) is 16.1. The molecule has 0 saturated carbocycles. The van der Waals surface area contributed by atoms with Crippen molar-refractivity contribution in [1.29, 1.82) is 0 Å². The van der Waals surface area contributed by atoms with Crippen LogP contribution in [0.2, 0.25) is 0 Å². The van der Waals surface area contributed by atoms with E-state index in [2.05, 4.69) is 56.0 Å². The van der Waals surface area contributed by atoms with Crippen molar-refractivity contribution in [2.75, 3.05) is 11.4 Å². The molecule has 2 rings (SSSR count). The van der Waals surface area contributed by atoms with Gasteiger partial charge in [-0.3, -0.25) is 4.79 Å². The normalized spacial score (nSPS) is 10.5. The average molecular weight is 297 g/mol. The van der Waals surface area contributed by atoms with E-state index in [0.717, 1.165) is 12.2 Å². The lowest BCUT2D eigenvalue weighted by molar-refractivity contribution is -0.136. The zero-order valence-corrected chi connectivity index (χ0v) is 13.5. The van der Waals surface area contributed by atoms with E-state index in [9.17, 15) is 4.79 Å². The molecule has 0 radical (unpaired) electrons. The van der Waals surface area contributed by atoms with Crippen molar-refractivity contribution in [1.82, 2.24) is 0 Å². The van der Waals surface area contributed by atoms with E-state index >= 15 is 0 Å². The minimum absolute atomic E-state index is 0.138. The number of carboxylic acid groups (broad SMARTS) is 1.